The molecular weight excluding hydrogens is 384 g/mol. The van der Waals surface area contributed by atoms with E-state index in [0.29, 0.717) is 17.2 Å². The zero-order valence-corrected chi connectivity index (χ0v) is 17.1. The smallest absolute Gasteiger partial charge is 0.264 e. The van der Waals surface area contributed by atoms with Gasteiger partial charge in [-0.3, -0.25) is 9.10 Å². The Morgan fingerprint density at radius 2 is 1.79 bits per heavy atom. The maximum absolute atomic E-state index is 13.0. The number of fused-ring (bicyclic) bond motifs is 2. The zero-order chi connectivity index (χ0) is 20.4. The minimum absolute atomic E-state index is 0.0877. The average molecular weight is 411 g/mol. The van der Waals surface area contributed by atoms with Crippen LogP contribution in [0.25, 0.3) is 0 Å². The molecule has 4 rings (SSSR count). The van der Waals surface area contributed by atoms with Crippen molar-refractivity contribution in [3.63, 3.8) is 0 Å². The average Bonchev–Trinajstić information content (AvgIpc) is 3.36. The van der Waals surface area contributed by atoms with Crippen LogP contribution < -0.4 is 9.62 Å². The van der Waals surface area contributed by atoms with Gasteiger partial charge in [-0.1, -0.05) is 30.7 Å². The molecule has 2 bridgehead atoms. The summed E-state index contributed by atoms with van der Waals surface area (Å²) in [6, 6.07) is 15.3. The number of carbonyl (C=O) groups excluding carboxylic acids is 1. The van der Waals surface area contributed by atoms with E-state index in [1.807, 2.05) is 0 Å². The molecule has 2 saturated carbocycles. The van der Waals surface area contributed by atoms with E-state index in [1.54, 1.807) is 60.7 Å². The summed E-state index contributed by atoms with van der Waals surface area (Å²) in [4.78, 5) is 12.9. The van der Waals surface area contributed by atoms with E-state index in [1.165, 1.54) is 23.6 Å². The van der Waals surface area contributed by atoms with Crippen LogP contribution in [0.4, 0.5) is 5.69 Å². The molecule has 5 nitrogen and oxygen atoms in total. The molecule has 6 heteroatoms. The van der Waals surface area contributed by atoms with E-state index < -0.39 is 10.0 Å². The van der Waals surface area contributed by atoms with Crippen LogP contribution in [0.1, 0.15) is 36.0 Å². The molecule has 2 aromatic rings. The first-order chi connectivity index (χ1) is 14.0. The molecule has 0 spiro atoms. The normalized spacial score (nSPS) is 23.0. The van der Waals surface area contributed by atoms with Crippen molar-refractivity contribution in [2.75, 3.05) is 10.8 Å². The van der Waals surface area contributed by atoms with Gasteiger partial charge in [0.1, 0.15) is 0 Å². The third-order valence-electron chi connectivity index (χ3n) is 6.10. The fourth-order valence-electron chi connectivity index (χ4n) is 4.63. The van der Waals surface area contributed by atoms with Gasteiger partial charge < -0.3 is 5.32 Å². The maximum atomic E-state index is 13.0. The van der Waals surface area contributed by atoms with E-state index >= 15 is 0 Å². The van der Waals surface area contributed by atoms with Crippen molar-refractivity contribution in [2.45, 2.75) is 36.6 Å². The summed E-state index contributed by atoms with van der Waals surface area (Å²) in [6.45, 7) is 3.83. The van der Waals surface area contributed by atoms with Gasteiger partial charge in [0.25, 0.3) is 15.9 Å². The van der Waals surface area contributed by atoms with Crippen LogP contribution in [-0.2, 0) is 10.0 Å². The molecule has 152 valence electrons. The molecule has 0 aliphatic heterocycles. The van der Waals surface area contributed by atoms with Gasteiger partial charge in [0.05, 0.1) is 17.1 Å². The highest BCUT2D eigenvalue weighted by molar-refractivity contribution is 7.92. The van der Waals surface area contributed by atoms with E-state index in [9.17, 15) is 13.2 Å². The Labute approximate surface area is 172 Å². The Balaban J connectivity index is 1.52. The van der Waals surface area contributed by atoms with Crippen LogP contribution >= 0.6 is 0 Å². The van der Waals surface area contributed by atoms with Gasteiger partial charge >= 0.3 is 0 Å². The molecule has 2 unspecified atom stereocenters. The molecule has 2 aliphatic rings. The monoisotopic (exact) mass is 410 g/mol. The molecule has 0 radical (unpaired) electrons. The number of nitrogens with zero attached hydrogens (tertiary/aromatic N) is 1. The Kier molecular flexibility index (Phi) is 5.46. The molecule has 1 N–H and O–H groups in total. The predicted octanol–water partition coefficient (Wildman–Crippen LogP) is 3.99. The molecule has 2 fully saturated rings. The highest BCUT2D eigenvalue weighted by Gasteiger charge is 2.40. The SMILES string of the molecule is C=CCN(c1ccc(C(=O)N[C@@H]2CC3CCC2C3)cc1)S(=O)(=O)c1ccccc1. The summed E-state index contributed by atoms with van der Waals surface area (Å²) >= 11 is 0. The zero-order valence-electron chi connectivity index (χ0n) is 16.3. The molecular formula is C23H26N2O3S. The summed E-state index contributed by atoms with van der Waals surface area (Å²) < 4.78 is 27.4. The first-order valence-electron chi connectivity index (χ1n) is 10.1. The molecule has 29 heavy (non-hydrogen) atoms. The van der Waals surface area contributed by atoms with Crippen LogP contribution in [0.3, 0.4) is 0 Å². The van der Waals surface area contributed by atoms with Gasteiger partial charge in [-0.15, -0.1) is 6.58 Å². The number of carbonyl (C=O) groups is 1. The van der Waals surface area contributed by atoms with Crippen molar-refractivity contribution in [2.24, 2.45) is 11.8 Å². The van der Waals surface area contributed by atoms with Crippen LogP contribution in [-0.4, -0.2) is 26.9 Å². The van der Waals surface area contributed by atoms with Gasteiger partial charge in [-0.2, -0.15) is 0 Å². The second-order valence-corrected chi connectivity index (χ2v) is 9.80. The number of sulfonamides is 1. The first kappa shape index (κ1) is 19.7. The topological polar surface area (TPSA) is 66.5 Å². The van der Waals surface area contributed by atoms with Gasteiger partial charge in [0.2, 0.25) is 0 Å². The van der Waals surface area contributed by atoms with Gasteiger partial charge in [0, 0.05) is 11.6 Å². The van der Waals surface area contributed by atoms with Gasteiger partial charge in [-0.05, 0) is 67.5 Å². The summed E-state index contributed by atoms with van der Waals surface area (Å²) in [5, 5.41) is 3.17. The molecule has 2 aromatic carbocycles. The van der Waals surface area contributed by atoms with Crippen LogP contribution in [0.5, 0.6) is 0 Å². The lowest BCUT2D eigenvalue weighted by molar-refractivity contribution is 0.0923. The lowest BCUT2D eigenvalue weighted by Crippen LogP contribution is -2.38. The number of amides is 1. The lowest BCUT2D eigenvalue weighted by atomic mass is 9.95. The van der Waals surface area contributed by atoms with Crippen molar-refractivity contribution < 1.29 is 13.2 Å². The number of rotatable bonds is 7. The maximum Gasteiger partial charge on any atom is 0.264 e. The number of nitrogens with one attached hydrogen (secondary N) is 1. The highest BCUT2D eigenvalue weighted by atomic mass is 32.2. The van der Waals surface area contributed by atoms with Crippen LogP contribution in [0, 0.1) is 11.8 Å². The van der Waals surface area contributed by atoms with E-state index in [0.717, 1.165) is 12.3 Å². The lowest BCUT2D eigenvalue weighted by Gasteiger charge is -2.24. The number of benzene rings is 2. The Morgan fingerprint density at radius 1 is 1.07 bits per heavy atom. The summed E-state index contributed by atoms with van der Waals surface area (Å²) in [6.07, 6.45) is 6.37. The summed E-state index contributed by atoms with van der Waals surface area (Å²) in [7, 11) is -3.71. The molecule has 0 saturated heterocycles. The van der Waals surface area contributed by atoms with E-state index in [4.69, 9.17) is 0 Å². The van der Waals surface area contributed by atoms with E-state index in [2.05, 4.69) is 11.9 Å². The Hall–Kier alpha value is -2.60. The van der Waals surface area contributed by atoms with Crippen LogP contribution in [0.15, 0.2) is 72.1 Å². The molecule has 0 heterocycles. The molecule has 0 aromatic heterocycles. The van der Waals surface area contributed by atoms with Gasteiger partial charge in [-0.25, -0.2) is 8.42 Å². The van der Waals surface area contributed by atoms with Crippen molar-refractivity contribution in [1.29, 1.82) is 0 Å². The number of hydrogen-bond donors (Lipinski definition) is 1. The minimum Gasteiger partial charge on any atom is -0.349 e. The van der Waals surface area contributed by atoms with Crippen molar-refractivity contribution in [1.82, 2.24) is 5.32 Å². The van der Waals surface area contributed by atoms with Gasteiger partial charge in [0.15, 0.2) is 0 Å². The fraction of sp³-hybridized carbons (Fsp3) is 0.348. The molecule has 3 atom stereocenters. The second kappa shape index (κ2) is 8.03. The Morgan fingerprint density at radius 3 is 2.38 bits per heavy atom. The van der Waals surface area contributed by atoms with Crippen molar-refractivity contribution in [3.05, 3.63) is 72.8 Å². The number of hydrogen-bond acceptors (Lipinski definition) is 3. The van der Waals surface area contributed by atoms with Crippen molar-refractivity contribution in [3.8, 4) is 0 Å². The highest BCUT2D eigenvalue weighted by Crippen LogP contribution is 2.44. The minimum atomic E-state index is -3.71. The quantitative estimate of drug-likeness (QED) is 0.702. The first-order valence-corrected chi connectivity index (χ1v) is 11.5. The predicted molar refractivity (Wildman–Crippen MR) is 114 cm³/mol. The van der Waals surface area contributed by atoms with Crippen LogP contribution in [0.2, 0.25) is 0 Å². The molecule has 1 amide bonds. The largest absolute Gasteiger partial charge is 0.349 e. The molecule has 2 aliphatic carbocycles. The van der Waals surface area contributed by atoms with E-state index in [-0.39, 0.29) is 23.4 Å². The number of anilines is 1. The standard InChI is InChI=1S/C23H26N2O3S/c1-2-14-25(29(27,28)21-6-4-3-5-7-21)20-12-10-18(11-13-20)23(26)24-22-16-17-8-9-19(22)15-17/h2-7,10-13,17,19,22H,1,8-9,14-16H2,(H,24,26)/t17?,19?,22-/m1/s1. The fourth-order valence-corrected chi connectivity index (χ4v) is 6.09. The third-order valence-corrected chi connectivity index (χ3v) is 7.91. The Bertz CT molecular complexity index is 987. The summed E-state index contributed by atoms with van der Waals surface area (Å²) in [5.41, 5.74) is 1.05. The van der Waals surface area contributed by atoms with Crippen molar-refractivity contribution >= 4 is 21.6 Å². The third kappa shape index (κ3) is 3.94. The second-order valence-electron chi connectivity index (χ2n) is 7.94. The summed E-state index contributed by atoms with van der Waals surface area (Å²) in [5.74, 6) is 1.29.